The van der Waals surface area contributed by atoms with Crippen molar-refractivity contribution in [2.75, 3.05) is 11.4 Å². The molecule has 0 aliphatic carbocycles. The molecule has 6 nitrogen and oxygen atoms in total. The lowest BCUT2D eigenvalue weighted by Crippen LogP contribution is -2.39. The van der Waals surface area contributed by atoms with Crippen LogP contribution in [0.1, 0.15) is 62.3 Å². The fraction of sp³-hybridized carbons (Fsp3) is 0.478. The topological polar surface area (TPSA) is 66.4 Å². The Bertz CT molecular complexity index is 949. The molecule has 0 N–H and O–H groups in total. The number of likely N-dealkylation sites (tertiary alicyclic amines) is 1. The molecule has 6 heteroatoms. The summed E-state index contributed by atoms with van der Waals surface area (Å²) >= 11 is 0. The lowest BCUT2D eigenvalue weighted by molar-refractivity contribution is -0.140. The van der Waals surface area contributed by atoms with Crippen LogP contribution in [0.25, 0.3) is 0 Å². The molecule has 2 amide bonds. The Labute approximate surface area is 172 Å². The highest BCUT2D eigenvalue weighted by atomic mass is 16.2. The van der Waals surface area contributed by atoms with Gasteiger partial charge in [0.2, 0.25) is 11.8 Å². The van der Waals surface area contributed by atoms with Crippen LogP contribution in [0.3, 0.4) is 0 Å². The van der Waals surface area contributed by atoms with Crippen molar-refractivity contribution < 1.29 is 9.59 Å². The SMILES string of the molecule is Cc1nc([C@@H]2CCCN2C(=O)C(C)(C)C)nc2c1CC(=O)N2Cc1ccccc1. The Morgan fingerprint density at radius 1 is 1.17 bits per heavy atom. The van der Waals surface area contributed by atoms with Crippen molar-refractivity contribution in [3.05, 3.63) is 53.0 Å². The number of fused-ring (bicyclic) bond motifs is 1. The number of aryl methyl sites for hydroxylation is 1. The van der Waals surface area contributed by atoms with Crippen molar-refractivity contribution >= 4 is 17.6 Å². The number of rotatable bonds is 3. The molecule has 1 aromatic heterocycles. The maximum Gasteiger partial charge on any atom is 0.233 e. The second-order valence-corrected chi connectivity index (χ2v) is 9.02. The summed E-state index contributed by atoms with van der Waals surface area (Å²) in [6, 6.07) is 9.82. The largest absolute Gasteiger partial charge is 0.332 e. The highest BCUT2D eigenvalue weighted by molar-refractivity contribution is 6.00. The van der Waals surface area contributed by atoms with Crippen molar-refractivity contribution in [1.29, 1.82) is 0 Å². The lowest BCUT2D eigenvalue weighted by Gasteiger charge is -2.30. The number of carbonyl (C=O) groups is 2. The van der Waals surface area contributed by atoms with E-state index < -0.39 is 5.41 Å². The minimum absolute atomic E-state index is 0.0486. The third-order valence-corrected chi connectivity index (χ3v) is 5.73. The molecule has 1 saturated heterocycles. The summed E-state index contributed by atoms with van der Waals surface area (Å²) in [6.45, 7) is 9.00. The van der Waals surface area contributed by atoms with Gasteiger partial charge in [0, 0.05) is 23.2 Å². The number of hydrogen-bond acceptors (Lipinski definition) is 4. The Hall–Kier alpha value is -2.76. The van der Waals surface area contributed by atoms with Gasteiger partial charge in [-0.3, -0.25) is 14.5 Å². The Kier molecular flexibility index (Phi) is 4.89. The molecular formula is C23H28N4O2. The van der Waals surface area contributed by atoms with Crippen LogP contribution in [0.4, 0.5) is 5.82 Å². The highest BCUT2D eigenvalue weighted by Crippen LogP contribution is 2.37. The van der Waals surface area contributed by atoms with Gasteiger partial charge in [0.15, 0.2) is 5.82 Å². The van der Waals surface area contributed by atoms with Crippen LogP contribution in [-0.2, 0) is 22.6 Å². The van der Waals surface area contributed by atoms with Crippen molar-refractivity contribution in [1.82, 2.24) is 14.9 Å². The van der Waals surface area contributed by atoms with Crippen LogP contribution < -0.4 is 4.90 Å². The number of amides is 2. The zero-order chi connectivity index (χ0) is 20.8. The fourth-order valence-corrected chi connectivity index (χ4v) is 4.18. The lowest BCUT2D eigenvalue weighted by atomic mass is 9.94. The maximum absolute atomic E-state index is 12.9. The van der Waals surface area contributed by atoms with E-state index in [1.807, 2.05) is 62.9 Å². The van der Waals surface area contributed by atoms with Gasteiger partial charge in [0.1, 0.15) is 5.82 Å². The van der Waals surface area contributed by atoms with Crippen molar-refractivity contribution in [2.45, 2.75) is 59.5 Å². The van der Waals surface area contributed by atoms with Crippen LogP contribution in [-0.4, -0.2) is 33.2 Å². The molecule has 29 heavy (non-hydrogen) atoms. The van der Waals surface area contributed by atoms with E-state index in [9.17, 15) is 9.59 Å². The molecule has 4 rings (SSSR count). The van der Waals surface area contributed by atoms with Gasteiger partial charge in [-0.1, -0.05) is 51.1 Å². The van der Waals surface area contributed by atoms with Crippen LogP contribution in [0.15, 0.2) is 30.3 Å². The zero-order valence-corrected chi connectivity index (χ0v) is 17.6. The van der Waals surface area contributed by atoms with Gasteiger partial charge < -0.3 is 4.90 Å². The highest BCUT2D eigenvalue weighted by Gasteiger charge is 2.39. The molecule has 0 bridgehead atoms. The van der Waals surface area contributed by atoms with E-state index in [2.05, 4.69) is 0 Å². The molecule has 2 aliphatic heterocycles. The fourth-order valence-electron chi connectivity index (χ4n) is 4.18. The number of carbonyl (C=O) groups excluding carboxylic acids is 2. The minimum atomic E-state index is -0.441. The summed E-state index contributed by atoms with van der Waals surface area (Å²) in [7, 11) is 0. The van der Waals surface area contributed by atoms with E-state index in [0.29, 0.717) is 24.6 Å². The summed E-state index contributed by atoms with van der Waals surface area (Å²) in [5, 5.41) is 0. The molecule has 1 atom stereocenters. The third-order valence-electron chi connectivity index (χ3n) is 5.73. The molecule has 1 fully saturated rings. The van der Waals surface area contributed by atoms with E-state index >= 15 is 0 Å². The summed E-state index contributed by atoms with van der Waals surface area (Å²) in [5.74, 6) is 1.53. The maximum atomic E-state index is 12.9. The summed E-state index contributed by atoms with van der Waals surface area (Å²) in [4.78, 5) is 38.9. The van der Waals surface area contributed by atoms with Gasteiger partial charge in [-0.2, -0.15) is 0 Å². The first-order valence-electron chi connectivity index (χ1n) is 10.3. The Balaban J connectivity index is 1.69. The first-order chi connectivity index (χ1) is 13.8. The molecule has 1 aromatic carbocycles. The number of hydrogen-bond donors (Lipinski definition) is 0. The van der Waals surface area contributed by atoms with Crippen LogP contribution in [0.5, 0.6) is 0 Å². The standard InChI is InChI=1S/C23H28N4O2/c1-15-17-13-19(28)27(14-16-9-6-5-7-10-16)21(17)25-20(24-15)18-11-8-12-26(18)22(29)23(2,3)4/h5-7,9-10,18H,8,11-14H2,1-4H3/t18-/m0/s1. The molecule has 3 heterocycles. The van der Waals surface area contributed by atoms with Gasteiger partial charge in [-0.25, -0.2) is 9.97 Å². The predicted octanol–water partition coefficient (Wildman–Crippen LogP) is 3.58. The minimum Gasteiger partial charge on any atom is -0.332 e. The summed E-state index contributed by atoms with van der Waals surface area (Å²) in [5.41, 5.74) is 2.37. The van der Waals surface area contributed by atoms with Crippen LogP contribution in [0, 0.1) is 12.3 Å². The smallest absolute Gasteiger partial charge is 0.233 e. The van der Waals surface area contributed by atoms with Gasteiger partial charge in [-0.15, -0.1) is 0 Å². The molecule has 2 aromatic rings. The van der Waals surface area contributed by atoms with Crippen molar-refractivity contribution in [3.63, 3.8) is 0 Å². The predicted molar refractivity (Wildman–Crippen MR) is 111 cm³/mol. The number of benzene rings is 1. The van der Waals surface area contributed by atoms with Gasteiger partial charge in [-0.05, 0) is 25.3 Å². The second-order valence-electron chi connectivity index (χ2n) is 9.02. The first kappa shape index (κ1) is 19.6. The monoisotopic (exact) mass is 392 g/mol. The van der Waals surface area contributed by atoms with E-state index in [1.165, 1.54) is 0 Å². The quantitative estimate of drug-likeness (QED) is 0.801. The van der Waals surface area contributed by atoms with E-state index in [-0.39, 0.29) is 17.9 Å². The average molecular weight is 393 g/mol. The normalized spacial score (nSPS) is 19.0. The van der Waals surface area contributed by atoms with E-state index in [1.54, 1.807) is 4.90 Å². The Morgan fingerprint density at radius 2 is 1.90 bits per heavy atom. The molecule has 0 radical (unpaired) electrons. The summed E-state index contributed by atoms with van der Waals surface area (Å²) < 4.78 is 0. The molecule has 0 saturated carbocycles. The van der Waals surface area contributed by atoms with Gasteiger partial charge in [0.05, 0.1) is 19.0 Å². The molecule has 0 spiro atoms. The van der Waals surface area contributed by atoms with Crippen LogP contribution >= 0.6 is 0 Å². The first-order valence-corrected chi connectivity index (χ1v) is 10.3. The average Bonchev–Trinajstić information content (AvgIpc) is 3.27. The van der Waals surface area contributed by atoms with Crippen molar-refractivity contribution in [3.8, 4) is 0 Å². The Morgan fingerprint density at radius 3 is 2.59 bits per heavy atom. The third kappa shape index (κ3) is 3.63. The van der Waals surface area contributed by atoms with Crippen molar-refractivity contribution in [2.24, 2.45) is 5.41 Å². The second kappa shape index (κ2) is 7.25. The molecular weight excluding hydrogens is 364 g/mol. The van der Waals surface area contributed by atoms with Gasteiger partial charge >= 0.3 is 0 Å². The number of anilines is 1. The van der Waals surface area contributed by atoms with E-state index in [0.717, 1.165) is 36.2 Å². The number of nitrogens with zero attached hydrogens (tertiary/aromatic N) is 4. The molecule has 0 unspecified atom stereocenters. The summed E-state index contributed by atoms with van der Waals surface area (Å²) in [6.07, 6.45) is 2.13. The molecule has 2 aliphatic rings. The number of aromatic nitrogens is 2. The zero-order valence-electron chi connectivity index (χ0n) is 17.6. The molecule has 152 valence electrons. The van der Waals surface area contributed by atoms with E-state index in [4.69, 9.17) is 9.97 Å². The van der Waals surface area contributed by atoms with Crippen LogP contribution in [0.2, 0.25) is 0 Å². The van der Waals surface area contributed by atoms with Gasteiger partial charge in [0.25, 0.3) is 0 Å².